The summed E-state index contributed by atoms with van der Waals surface area (Å²) < 4.78 is 1.36. The maximum Gasteiger partial charge on any atom is 0.0424 e. The van der Waals surface area contributed by atoms with E-state index < -0.39 is 0 Å². The molecule has 1 N–H and O–H groups in total. The normalized spacial score (nSPS) is 12.4. The van der Waals surface area contributed by atoms with Crippen molar-refractivity contribution in [2.75, 3.05) is 6.54 Å². The molecule has 2 heteroatoms. The van der Waals surface area contributed by atoms with Gasteiger partial charge in [0.2, 0.25) is 0 Å². The summed E-state index contributed by atoms with van der Waals surface area (Å²) in [4.78, 5) is 1.40. The second-order valence-electron chi connectivity index (χ2n) is 4.44. The number of fused-ring (bicyclic) bond motifs is 1. The van der Waals surface area contributed by atoms with Gasteiger partial charge in [-0.15, -0.1) is 23.7 Å². The van der Waals surface area contributed by atoms with Crippen LogP contribution in [-0.4, -0.2) is 6.54 Å². The van der Waals surface area contributed by atoms with Crippen LogP contribution in [0.3, 0.4) is 0 Å². The second-order valence-corrected chi connectivity index (χ2v) is 5.55. The Morgan fingerprint density at radius 1 is 1.39 bits per heavy atom. The van der Waals surface area contributed by atoms with Crippen molar-refractivity contribution in [3.05, 3.63) is 35.2 Å². The summed E-state index contributed by atoms with van der Waals surface area (Å²) in [5, 5.41) is 4.93. The third-order valence-corrected chi connectivity index (χ3v) is 4.24. The summed E-state index contributed by atoms with van der Waals surface area (Å²) in [6.07, 6.45) is 8.38. The molecule has 0 saturated heterocycles. The Bertz CT molecular complexity index is 502. The van der Waals surface area contributed by atoms with E-state index in [9.17, 15) is 0 Å². The van der Waals surface area contributed by atoms with Gasteiger partial charge in [-0.3, -0.25) is 0 Å². The zero-order valence-electron chi connectivity index (χ0n) is 10.8. The molecule has 1 heterocycles. The highest BCUT2D eigenvalue weighted by Gasteiger charge is 2.12. The van der Waals surface area contributed by atoms with Crippen LogP contribution in [-0.2, 0) is 0 Å². The smallest absolute Gasteiger partial charge is 0.0424 e. The van der Waals surface area contributed by atoms with E-state index in [0.717, 1.165) is 25.8 Å². The monoisotopic (exact) mass is 257 g/mol. The van der Waals surface area contributed by atoms with Gasteiger partial charge in [-0.2, -0.15) is 0 Å². The number of benzene rings is 1. The molecule has 0 bridgehead atoms. The summed E-state index contributed by atoms with van der Waals surface area (Å²) in [6, 6.07) is 11.2. The van der Waals surface area contributed by atoms with Gasteiger partial charge in [-0.1, -0.05) is 25.1 Å². The third-order valence-electron chi connectivity index (χ3n) is 3.01. The van der Waals surface area contributed by atoms with Crippen LogP contribution in [0.1, 0.15) is 37.1 Å². The summed E-state index contributed by atoms with van der Waals surface area (Å²) in [5.41, 5.74) is 0. The van der Waals surface area contributed by atoms with Gasteiger partial charge in [-0.05, 0) is 36.9 Å². The predicted molar refractivity (Wildman–Crippen MR) is 80.9 cm³/mol. The van der Waals surface area contributed by atoms with Crippen molar-refractivity contribution in [2.24, 2.45) is 0 Å². The standard InChI is InChI=1S/C16H19NS/c1-3-5-9-14(17-11-4-2)16-12-13-8-6-7-10-15(13)18-16/h1,6-8,10,12,14,17H,4-5,9,11H2,2H3. The Kier molecular flexibility index (Phi) is 4.81. The number of thiophene rings is 1. The molecule has 0 fully saturated rings. The van der Waals surface area contributed by atoms with E-state index in [0.29, 0.717) is 6.04 Å². The number of terminal acetylenes is 1. The molecule has 0 radical (unpaired) electrons. The highest BCUT2D eigenvalue weighted by atomic mass is 32.1. The second kappa shape index (κ2) is 6.58. The van der Waals surface area contributed by atoms with Crippen molar-refractivity contribution in [1.29, 1.82) is 0 Å². The Morgan fingerprint density at radius 2 is 2.22 bits per heavy atom. The topological polar surface area (TPSA) is 12.0 Å². The van der Waals surface area contributed by atoms with Crippen LogP contribution >= 0.6 is 11.3 Å². The van der Waals surface area contributed by atoms with Crippen LogP contribution in [0.15, 0.2) is 30.3 Å². The van der Waals surface area contributed by atoms with Gasteiger partial charge in [0.1, 0.15) is 0 Å². The summed E-state index contributed by atoms with van der Waals surface area (Å²) in [7, 11) is 0. The molecule has 0 spiro atoms. The van der Waals surface area contributed by atoms with E-state index in [2.05, 4.69) is 48.5 Å². The first kappa shape index (κ1) is 13.1. The highest BCUT2D eigenvalue weighted by molar-refractivity contribution is 7.19. The van der Waals surface area contributed by atoms with Gasteiger partial charge in [0.15, 0.2) is 0 Å². The molecule has 1 aromatic carbocycles. The van der Waals surface area contributed by atoms with Crippen molar-refractivity contribution in [2.45, 2.75) is 32.2 Å². The molecule has 18 heavy (non-hydrogen) atoms. The van der Waals surface area contributed by atoms with E-state index in [1.54, 1.807) is 0 Å². The lowest BCUT2D eigenvalue weighted by molar-refractivity contribution is 0.513. The van der Waals surface area contributed by atoms with Gasteiger partial charge in [0, 0.05) is 22.0 Å². The van der Waals surface area contributed by atoms with E-state index >= 15 is 0 Å². The minimum atomic E-state index is 0.401. The molecule has 0 aliphatic rings. The van der Waals surface area contributed by atoms with E-state index in [1.165, 1.54) is 15.0 Å². The maximum atomic E-state index is 5.38. The van der Waals surface area contributed by atoms with Crippen LogP contribution in [0.5, 0.6) is 0 Å². The highest BCUT2D eigenvalue weighted by Crippen LogP contribution is 2.31. The SMILES string of the molecule is C#CCCC(NCCC)c1cc2ccccc2s1. The van der Waals surface area contributed by atoms with E-state index in [4.69, 9.17) is 6.42 Å². The van der Waals surface area contributed by atoms with Crippen molar-refractivity contribution >= 4 is 21.4 Å². The molecular weight excluding hydrogens is 238 g/mol. The minimum absolute atomic E-state index is 0.401. The summed E-state index contributed by atoms with van der Waals surface area (Å²) >= 11 is 1.88. The average Bonchev–Trinajstić information content (AvgIpc) is 2.82. The first-order valence-corrected chi connectivity index (χ1v) is 7.32. The van der Waals surface area contributed by atoms with Crippen LogP contribution in [0.2, 0.25) is 0 Å². The summed E-state index contributed by atoms with van der Waals surface area (Å²) in [6.45, 7) is 3.24. The molecule has 2 aromatic rings. The molecule has 1 unspecified atom stereocenters. The lowest BCUT2D eigenvalue weighted by Crippen LogP contribution is -2.21. The Labute approximate surface area is 113 Å². The predicted octanol–water partition coefficient (Wildman–Crippen LogP) is 4.36. The number of hydrogen-bond donors (Lipinski definition) is 1. The van der Waals surface area contributed by atoms with Crippen LogP contribution in [0, 0.1) is 12.3 Å². The largest absolute Gasteiger partial charge is 0.309 e. The first-order chi connectivity index (χ1) is 8.85. The molecule has 94 valence electrons. The van der Waals surface area contributed by atoms with Crippen LogP contribution in [0.4, 0.5) is 0 Å². The number of nitrogens with one attached hydrogen (secondary N) is 1. The molecule has 2 rings (SSSR count). The molecule has 0 aliphatic heterocycles. The van der Waals surface area contributed by atoms with Crippen LogP contribution in [0.25, 0.3) is 10.1 Å². The van der Waals surface area contributed by atoms with Gasteiger partial charge in [-0.25, -0.2) is 0 Å². The quantitative estimate of drug-likeness (QED) is 0.758. The molecule has 1 atom stereocenters. The van der Waals surface area contributed by atoms with Crippen molar-refractivity contribution < 1.29 is 0 Å². The molecular formula is C16H19NS. The fourth-order valence-corrected chi connectivity index (χ4v) is 3.24. The molecule has 0 aliphatic carbocycles. The fraction of sp³-hybridized carbons (Fsp3) is 0.375. The van der Waals surface area contributed by atoms with Gasteiger partial charge in [0.25, 0.3) is 0 Å². The first-order valence-electron chi connectivity index (χ1n) is 6.50. The van der Waals surface area contributed by atoms with Gasteiger partial charge >= 0.3 is 0 Å². The lowest BCUT2D eigenvalue weighted by atomic mass is 10.1. The number of rotatable bonds is 6. The Balaban J connectivity index is 2.20. The summed E-state index contributed by atoms with van der Waals surface area (Å²) in [5.74, 6) is 2.74. The van der Waals surface area contributed by atoms with E-state index in [1.807, 2.05) is 11.3 Å². The minimum Gasteiger partial charge on any atom is -0.309 e. The molecule has 1 aromatic heterocycles. The zero-order valence-corrected chi connectivity index (χ0v) is 11.6. The average molecular weight is 257 g/mol. The van der Waals surface area contributed by atoms with E-state index in [-0.39, 0.29) is 0 Å². The molecule has 0 saturated carbocycles. The molecule has 0 amide bonds. The van der Waals surface area contributed by atoms with Crippen molar-refractivity contribution in [3.63, 3.8) is 0 Å². The molecule has 1 nitrogen and oxygen atoms in total. The fourth-order valence-electron chi connectivity index (χ4n) is 2.07. The van der Waals surface area contributed by atoms with Crippen molar-refractivity contribution in [1.82, 2.24) is 5.32 Å². The lowest BCUT2D eigenvalue weighted by Gasteiger charge is -2.15. The van der Waals surface area contributed by atoms with Gasteiger partial charge < -0.3 is 5.32 Å². The zero-order chi connectivity index (χ0) is 12.8. The number of hydrogen-bond acceptors (Lipinski definition) is 2. The van der Waals surface area contributed by atoms with Crippen LogP contribution < -0.4 is 5.32 Å². The third kappa shape index (κ3) is 3.13. The maximum absolute atomic E-state index is 5.38. The van der Waals surface area contributed by atoms with Crippen molar-refractivity contribution in [3.8, 4) is 12.3 Å². The van der Waals surface area contributed by atoms with Gasteiger partial charge in [0.05, 0.1) is 0 Å². The Hall–Kier alpha value is -1.30. The Morgan fingerprint density at radius 3 is 2.94 bits per heavy atom.